The minimum Gasteiger partial charge on any atom is -0.505 e. The highest BCUT2D eigenvalue weighted by atomic mass is 19.1. The highest BCUT2D eigenvalue weighted by molar-refractivity contribution is 6.07. The number of anilines is 1. The number of halogens is 2. The predicted molar refractivity (Wildman–Crippen MR) is 85.5 cm³/mol. The number of benzene rings is 1. The number of hydrogen-bond donors (Lipinski definition) is 3. The molecule has 1 heterocycles. The molecule has 5 nitrogen and oxygen atoms in total. The van der Waals surface area contributed by atoms with Gasteiger partial charge in [0.15, 0.2) is 17.3 Å². The number of aryl methyl sites for hydroxylation is 1. The quantitative estimate of drug-likeness (QED) is 0.728. The van der Waals surface area contributed by atoms with Crippen LogP contribution in [-0.4, -0.2) is 21.8 Å². The third-order valence-corrected chi connectivity index (χ3v) is 3.65. The number of ketones is 1. The van der Waals surface area contributed by atoms with Gasteiger partial charge in [-0.15, -0.1) is 0 Å². The molecule has 1 amide bonds. The molecule has 0 radical (unpaired) electrons. The molecule has 1 aromatic carbocycles. The molecule has 0 fully saturated rings. The molecule has 0 bridgehead atoms. The number of aromatic hydroxyl groups is 1. The van der Waals surface area contributed by atoms with Gasteiger partial charge < -0.3 is 15.4 Å². The number of hydrogen-bond acceptors (Lipinski definition) is 3. The summed E-state index contributed by atoms with van der Waals surface area (Å²) in [5.41, 5.74) is 1.37. The fourth-order valence-electron chi connectivity index (χ4n) is 2.67. The summed E-state index contributed by atoms with van der Waals surface area (Å²) in [5, 5.41) is 11.6. The van der Waals surface area contributed by atoms with Crippen LogP contribution < -0.4 is 5.32 Å². The molecule has 2 aromatic rings. The van der Waals surface area contributed by atoms with E-state index in [0.29, 0.717) is 35.7 Å². The lowest BCUT2D eigenvalue weighted by atomic mass is 10.0. The Labute approximate surface area is 137 Å². The summed E-state index contributed by atoms with van der Waals surface area (Å²) in [6.07, 6.45) is 1.21. The van der Waals surface area contributed by atoms with Gasteiger partial charge in [0.2, 0.25) is 0 Å². The Hall–Kier alpha value is -2.70. The smallest absolute Gasteiger partial charge is 0.272 e. The molecule has 0 aliphatic heterocycles. The van der Waals surface area contributed by atoms with Gasteiger partial charge in [0.1, 0.15) is 11.5 Å². The van der Waals surface area contributed by atoms with Crippen LogP contribution in [0.15, 0.2) is 12.1 Å². The number of aromatic nitrogens is 1. The topological polar surface area (TPSA) is 82.2 Å². The summed E-state index contributed by atoms with van der Waals surface area (Å²) in [6, 6.07) is 1.28. The van der Waals surface area contributed by atoms with Gasteiger partial charge in [-0.3, -0.25) is 9.59 Å². The van der Waals surface area contributed by atoms with E-state index in [9.17, 15) is 23.5 Å². The second kappa shape index (κ2) is 6.82. The van der Waals surface area contributed by atoms with E-state index in [0.717, 1.165) is 6.07 Å². The van der Waals surface area contributed by atoms with Crippen molar-refractivity contribution < 1.29 is 23.5 Å². The van der Waals surface area contributed by atoms with Crippen LogP contribution in [-0.2, 0) is 6.42 Å². The van der Waals surface area contributed by atoms with Gasteiger partial charge in [-0.05, 0) is 25.8 Å². The highest BCUT2D eigenvalue weighted by Gasteiger charge is 2.23. The van der Waals surface area contributed by atoms with E-state index in [1.54, 1.807) is 6.92 Å². The van der Waals surface area contributed by atoms with E-state index < -0.39 is 23.3 Å². The summed E-state index contributed by atoms with van der Waals surface area (Å²) >= 11 is 0. The first-order valence-corrected chi connectivity index (χ1v) is 7.48. The zero-order chi connectivity index (χ0) is 18.0. The number of amides is 1. The Balaban J connectivity index is 2.42. The van der Waals surface area contributed by atoms with E-state index in [-0.39, 0.29) is 17.2 Å². The van der Waals surface area contributed by atoms with Crippen LogP contribution in [0.2, 0.25) is 0 Å². The molecule has 0 saturated heterocycles. The van der Waals surface area contributed by atoms with E-state index in [1.165, 1.54) is 6.92 Å². The minimum atomic E-state index is -1.12. The molecule has 0 saturated carbocycles. The highest BCUT2D eigenvalue weighted by Crippen LogP contribution is 2.26. The molecule has 0 unspecified atom stereocenters. The summed E-state index contributed by atoms with van der Waals surface area (Å²) in [4.78, 5) is 27.1. The Morgan fingerprint density at radius 2 is 1.92 bits per heavy atom. The predicted octanol–water partition coefficient (Wildman–Crippen LogP) is 3.71. The number of carbonyl (C=O) groups excluding carboxylic acids is 2. The van der Waals surface area contributed by atoms with Crippen LogP contribution in [0.3, 0.4) is 0 Å². The summed E-state index contributed by atoms with van der Waals surface area (Å²) in [5.74, 6) is -3.74. The van der Waals surface area contributed by atoms with Crippen molar-refractivity contribution in [1.29, 1.82) is 0 Å². The fraction of sp³-hybridized carbons (Fsp3) is 0.294. The number of phenolic OH excluding ortho intramolecular Hbond substituents is 1. The van der Waals surface area contributed by atoms with Crippen LogP contribution in [0.5, 0.6) is 5.75 Å². The van der Waals surface area contributed by atoms with Gasteiger partial charge in [0.25, 0.3) is 5.91 Å². The summed E-state index contributed by atoms with van der Waals surface area (Å²) in [7, 11) is 0. The largest absolute Gasteiger partial charge is 0.505 e. The van der Waals surface area contributed by atoms with Gasteiger partial charge in [-0.1, -0.05) is 13.3 Å². The third-order valence-electron chi connectivity index (χ3n) is 3.65. The zero-order valence-electron chi connectivity index (χ0n) is 13.6. The molecule has 3 N–H and O–H groups in total. The first-order chi connectivity index (χ1) is 11.3. The number of nitrogens with one attached hydrogen (secondary N) is 2. The van der Waals surface area contributed by atoms with Crippen molar-refractivity contribution in [2.45, 2.75) is 33.6 Å². The van der Waals surface area contributed by atoms with Crippen molar-refractivity contribution in [2.24, 2.45) is 0 Å². The molecule has 2 rings (SSSR count). The van der Waals surface area contributed by atoms with Crippen molar-refractivity contribution >= 4 is 17.4 Å². The Kier molecular flexibility index (Phi) is 5.02. The van der Waals surface area contributed by atoms with Gasteiger partial charge in [-0.2, -0.15) is 0 Å². The van der Waals surface area contributed by atoms with E-state index in [1.807, 2.05) is 6.92 Å². The lowest BCUT2D eigenvalue weighted by Crippen LogP contribution is -2.16. The molecular weight excluding hydrogens is 318 g/mol. The van der Waals surface area contributed by atoms with Crippen LogP contribution >= 0.6 is 0 Å². The van der Waals surface area contributed by atoms with Gasteiger partial charge in [-0.25, -0.2) is 8.78 Å². The van der Waals surface area contributed by atoms with E-state index >= 15 is 0 Å². The minimum absolute atomic E-state index is 0.155. The summed E-state index contributed by atoms with van der Waals surface area (Å²) in [6.45, 7) is 5.00. The van der Waals surface area contributed by atoms with Gasteiger partial charge in [0.05, 0.1) is 5.69 Å². The molecule has 128 valence electrons. The SMILES string of the molecule is CCCc1c(C(=O)Nc2cc(O)c(F)cc2F)[nH]c(C)c1C(C)=O. The summed E-state index contributed by atoms with van der Waals surface area (Å²) < 4.78 is 26.8. The lowest BCUT2D eigenvalue weighted by Gasteiger charge is -2.09. The standard InChI is InChI=1S/C17H18F2N2O3/c1-4-5-10-15(9(3)22)8(2)20-16(10)17(24)21-13-7-14(23)12(19)6-11(13)18/h6-7,20,23H,4-5H2,1-3H3,(H,21,24). The maximum Gasteiger partial charge on any atom is 0.272 e. The molecule has 0 spiro atoms. The second-order valence-electron chi connectivity index (χ2n) is 5.52. The molecule has 7 heteroatoms. The fourth-order valence-corrected chi connectivity index (χ4v) is 2.67. The zero-order valence-corrected chi connectivity index (χ0v) is 13.6. The van der Waals surface area contributed by atoms with Crippen LogP contribution in [0.1, 0.15) is 52.4 Å². The maximum absolute atomic E-state index is 13.7. The third kappa shape index (κ3) is 3.29. The number of Topliss-reactive ketones (excluding diaryl/α,β-unsaturated/α-hetero) is 1. The number of H-pyrrole nitrogens is 1. The second-order valence-corrected chi connectivity index (χ2v) is 5.52. The Morgan fingerprint density at radius 3 is 2.50 bits per heavy atom. The number of rotatable bonds is 5. The number of phenols is 1. The van der Waals surface area contributed by atoms with Crippen LogP contribution in [0.25, 0.3) is 0 Å². The molecule has 24 heavy (non-hydrogen) atoms. The lowest BCUT2D eigenvalue weighted by molar-refractivity contribution is 0.101. The average Bonchev–Trinajstić information content (AvgIpc) is 2.82. The van der Waals surface area contributed by atoms with Crippen molar-refractivity contribution in [3.05, 3.63) is 46.3 Å². The van der Waals surface area contributed by atoms with Gasteiger partial charge >= 0.3 is 0 Å². The van der Waals surface area contributed by atoms with Crippen molar-refractivity contribution in [1.82, 2.24) is 4.98 Å². The van der Waals surface area contributed by atoms with Crippen molar-refractivity contribution in [2.75, 3.05) is 5.32 Å². The molecule has 0 aliphatic rings. The first-order valence-electron chi connectivity index (χ1n) is 7.48. The Bertz CT molecular complexity index is 813. The maximum atomic E-state index is 13.7. The average molecular weight is 336 g/mol. The molecular formula is C17H18F2N2O3. The first kappa shape index (κ1) is 17.7. The van der Waals surface area contributed by atoms with Crippen molar-refractivity contribution in [3.8, 4) is 5.75 Å². The number of carbonyl (C=O) groups is 2. The molecule has 0 aliphatic carbocycles. The van der Waals surface area contributed by atoms with E-state index in [4.69, 9.17) is 0 Å². The van der Waals surface area contributed by atoms with E-state index in [2.05, 4.69) is 10.3 Å². The monoisotopic (exact) mass is 336 g/mol. The van der Waals surface area contributed by atoms with Crippen LogP contribution in [0.4, 0.5) is 14.5 Å². The molecule has 0 atom stereocenters. The van der Waals surface area contributed by atoms with Gasteiger partial charge in [0, 0.05) is 23.4 Å². The Morgan fingerprint density at radius 1 is 1.25 bits per heavy atom. The van der Waals surface area contributed by atoms with Crippen molar-refractivity contribution in [3.63, 3.8) is 0 Å². The number of aromatic amines is 1. The molecule has 1 aromatic heterocycles. The normalized spacial score (nSPS) is 10.7. The van der Waals surface area contributed by atoms with Crippen LogP contribution in [0, 0.1) is 18.6 Å².